The zero-order chi connectivity index (χ0) is 18.0. The van der Waals surface area contributed by atoms with Crippen molar-refractivity contribution in [2.75, 3.05) is 20.3 Å². The van der Waals surface area contributed by atoms with Crippen molar-refractivity contribution in [1.29, 1.82) is 0 Å². The fourth-order valence-electron chi connectivity index (χ4n) is 4.43. The number of hydrogen-bond acceptors (Lipinski definition) is 5. The molecule has 2 heterocycles. The topological polar surface area (TPSA) is 55.8 Å². The first-order chi connectivity index (χ1) is 12.0. The van der Waals surface area contributed by atoms with Crippen molar-refractivity contribution in [3.63, 3.8) is 0 Å². The Hall–Kier alpha value is -1.59. The molecule has 0 amide bonds. The molecule has 3 rings (SSSR count). The number of esters is 2. The number of rotatable bonds is 5. The van der Waals surface area contributed by atoms with Gasteiger partial charge in [-0.05, 0) is 43.9 Å². The van der Waals surface area contributed by atoms with Crippen LogP contribution in [0, 0.1) is 5.92 Å². The van der Waals surface area contributed by atoms with Gasteiger partial charge in [0.15, 0.2) is 0 Å². The van der Waals surface area contributed by atoms with E-state index < -0.39 is 0 Å². The number of methoxy groups -OCH3 is 1. The van der Waals surface area contributed by atoms with Crippen LogP contribution in [0.2, 0.25) is 5.02 Å². The number of piperidine rings is 1. The summed E-state index contributed by atoms with van der Waals surface area (Å²) in [6.07, 6.45) is 2.72. The van der Waals surface area contributed by atoms with E-state index in [0.717, 1.165) is 24.8 Å². The maximum Gasteiger partial charge on any atom is 0.320 e. The van der Waals surface area contributed by atoms with Crippen LogP contribution in [0.1, 0.15) is 37.7 Å². The van der Waals surface area contributed by atoms with Gasteiger partial charge >= 0.3 is 11.9 Å². The van der Waals surface area contributed by atoms with E-state index in [-0.39, 0.29) is 42.4 Å². The first-order valence-corrected chi connectivity index (χ1v) is 9.17. The summed E-state index contributed by atoms with van der Waals surface area (Å²) in [5, 5.41) is 0.682. The molecule has 5 nitrogen and oxygen atoms in total. The SMILES string of the molecule is CCOC(=O)CN1[C@H]2CC[C@@H]1[C@H](C(=O)OC)[C@@H](c1ccc(Cl)cc1)C2. The number of carbonyl (C=O) groups excluding carboxylic acids is 2. The van der Waals surface area contributed by atoms with Gasteiger partial charge < -0.3 is 9.47 Å². The van der Waals surface area contributed by atoms with Crippen LogP contribution >= 0.6 is 11.6 Å². The first-order valence-electron chi connectivity index (χ1n) is 8.79. The zero-order valence-electron chi connectivity index (χ0n) is 14.6. The predicted octanol–water partition coefficient (Wildman–Crippen LogP) is 3.01. The summed E-state index contributed by atoms with van der Waals surface area (Å²) in [7, 11) is 1.43. The molecule has 2 saturated heterocycles. The molecule has 2 aliphatic heterocycles. The molecule has 0 aliphatic carbocycles. The summed E-state index contributed by atoms with van der Waals surface area (Å²) < 4.78 is 10.2. The number of nitrogens with zero attached hydrogens (tertiary/aromatic N) is 1. The lowest BCUT2D eigenvalue weighted by Crippen LogP contribution is -2.52. The smallest absolute Gasteiger partial charge is 0.320 e. The average Bonchev–Trinajstić information content (AvgIpc) is 2.86. The van der Waals surface area contributed by atoms with E-state index in [4.69, 9.17) is 21.1 Å². The van der Waals surface area contributed by atoms with Gasteiger partial charge in [-0.15, -0.1) is 0 Å². The molecule has 4 atom stereocenters. The maximum atomic E-state index is 12.6. The molecule has 0 aromatic heterocycles. The van der Waals surface area contributed by atoms with Gasteiger partial charge in [0, 0.05) is 23.0 Å². The predicted molar refractivity (Wildman–Crippen MR) is 94.5 cm³/mol. The Morgan fingerprint density at radius 3 is 2.60 bits per heavy atom. The number of halogens is 1. The molecule has 0 saturated carbocycles. The van der Waals surface area contributed by atoms with Gasteiger partial charge in [-0.3, -0.25) is 14.5 Å². The molecule has 6 heteroatoms. The lowest BCUT2D eigenvalue weighted by Gasteiger charge is -2.43. The monoisotopic (exact) mass is 365 g/mol. The van der Waals surface area contributed by atoms with Crippen molar-refractivity contribution in [2.24, 2.45) is 5.92 Å². The van der Waals surface area contributed by atoms with Gasteiger partial charge in [0.1, 0.15) is 0 Å². The summed E-state index contributed by atoms with van der Waals surface area (Å²) in [5.74, 6) is -0.632. The van der Waals surface area contributed by atoms with Crippen molar-refractivity contribution in [3.8, 4) is 0 Å². The van der Waals surface area contributed by atoms with Crippen LogP contribution < -0.4 is 0 Å². The molecule has 1 aromatic rings. The standard InChI is InChI=1S/C19H24ClNO4/c1-3-25-17(22)11-21-14-8-9-16(21)18(19(23)24-2)15(10-14)12-4-6-13(20)7-5-12/h4-7,14-16,18H,3,8-11H2,1-2H3/t14-,15+,16+,18+/m0/s1. The second kappa shape index (κ2) is 7.75. The normalized spacial score (nSPS) is 28.6. The quantitative estimate of drug-likeness (QED) is 0.751. The molecule has 0 radical (unpaired) electrons. The third-order valence-corrected chi connectivity index (χ3v) is 5.71. The van der Waals surface area contributed by atoms with Crippen LogP contribution in [0.15, 0.2) is 24.3 Å². The molecule has 2 aliphatic rings. The number of benzene rings is 1. The summed E-state index contributed by atoms with van der Waals surface area (Å²) in [4.78, 5) is 26.7. The van der Waals surface area contributed by atoms with Crippen LogP contribution in [0.25, 0.3) is 0 Å². The van der Waals surface area contributed by atoms with Crippen LogP contribution in [0.3, 0.4) is 0 Å². The van der Waals surface area contributed by atoms with Gasteiger partial charge in [-0.1, -0.05) is 23.7 Å². The Bertz CT molecular complexity index is 633. The lowest BCUT2D eigenvalue weighted by molar-refractivity contribution is -0.154. The van der Waals surface area contributed by atoms with E-state index in [1.807, 2.05) is 24.3 Å². The first kappa shape index (κ1) is 18.2. The zero-order valence-corrected chi connectivity index (χ0v) is 15.4. The van der Waals surface area contributed by atoms with Crippen LogP contribution in [0.4, 0.5) is 0 Å². The Morgan fingerprint density at radius 2 is 1.96 bits per heavy atom. The van der Waals surface area contributed by atoms with E-state index in [0.29, 0.717) is 11.6 Å². The minimum atomic E-state index is -0.278. The minimum Gasteiger partial charge on any atom is -0.469 e. The molecular formula is C19H24ClNO4. The van der Waals surface area contributed by atoms with Crippen molar-refractivity contribution >= 4 is 23.5 Å². The number of carbonyl (C=O) groups is 2. The Morgan fingerprint density at radius 1 is 1.24 bits per heavy atom. The fraction of sp³-hybridized carbons (Fsp3) is 0.579. The summed E-state index contributed by atoms with van der Waals surface area (Å²) in [6.45, 7) is 2.41. The molecule has 2 bridgehead atoms. The Labute approximate surface area is 153 Å². The van der Waals surface area contributed by atoms with Gasteiger partial charge in [-0.25, -0.2) is 0 Å². The van der Waals surface area contributed by atoms with E-state index in [2.05, 4.69) is 4.90 Å². The maximum absolute atomic E-state index is 12.6. The van der Waals surface area contributed by atoms with Crippen LogP contribution in [0.5, 0.6) is 0 Å². The second-order valence-electron chi connectivity index (χ2n) is 6.72. The highest BCUT2D eigenvalue weighted by atomic mass is 35.5. The number of ether oxygens (including phenoxy) is 2. The fourth-order valence-corrected chi connectivity index (χ4v) is 4.55. The molecule has 136 valence electrons. The molecule has 25 heavy (non-hydrogen) atoms. The van der Waals surface area contributed by atoms with Gasteiger partial charge in [0.05, 0.1) is 26.2 Å². The minimum absolute atomic E-state index is 0.0104. The van der Waals surface area contributed by atoms with E-state index >= 15 is 0 Å². The molecule has 2 fully saturated rings. The Balaban J connectivity index is 1.86. The van der Waals surface area contributed by atoms with Crippen molar-refractivity contribution in [1.82, 2.24) is 4.90 Å². The third-order valence-electron chi connectivity index (χ3n) is 5.45. The number of hydrogen-bond donors (Lipinski definition) is 0. The van der Waals surface area contributed by atoms with Gasteiger partial charge in [-0.2, -0.15) is 0 Å². The summed E-state index contributed by atoms with van der Waals surface area (Å²) in [6, 6.07) is 8.00. The summed E-state index contributed by atoms with van der Waals surface area (Å²) in [5.41, 5.74) is 1.10. The lowest BCUT2D eigenvalue weighted by atomic mass is 9.76. The van der Waals surface area contributed by atoms with Gasteiger partial charge in [0.2, 0.25) is 0 Å². The molecule has 0 spiro atoms. The van der Waals surface area contributed by atoms with Crippen molar-refractivity contribution < 1.29 is 19.1 Å². The summed E-state index contributed by atoms with van der Waals surface area (Å²) >= 11 is 6.01. The highest BCUT2D eigenvalue weighted by Crippen LogP contribution is 2.47. The molecule has 0 N–H and O–H groups in total. The highest BCUT2D eigenvalue weighted by Gasteiger charge is 2.51. The molecular weight excluding hydrogens is 342 g/mol. The van der Waals surface area contributed by atoms with Crippen LogP contribution in [-0.2, 0) is 19.1 Å². The Kier molecular flexibility index (Phi) is 5.64. The third kappa shape index (κ3) is 3.67. The van der Waals surface area contributed by atoms with Crippen molar-refractivity contribution in [2.45, 2.75) is 44.2 Å². The van der Waals surface area contributed by atoms with Crippen LogP contribution in [-0.4, -0.2) is 49.2 Å². The largest absolute Gasteiger partial charge is 0.469 e. The molecule has 1 aromatic carbocycles. The average molecular weight is 366 g/mol. The number of fused-ring (bicyclic) bond motifs is 2. The molecule has 0 unspecified atom stereocenters. The van der Waals surface area contributed by atoms with Crippen molar-refractivity contribution in [3.05, 3.63) is 34.9 Å². The highest BCUT2D eigenvalue weighted by molar-refractivity contribution is 6.30. The van der Waals surface area contributed by atoms with E-state index in [1.54, 1.807) is 6.92 Å². The van der Waals surface area contributed by atoms with Gasteiger partial charge in [0.25, 0.3) is 0 Å². The second-order valence-corrected chi connectivity index (χ2v) is 7.16. The van der Waals surface area contributed by atoms with E-state index in [9.17, 15) is 9.59 Å². The van der Waals surface area contributed by atoms with E-state index in [1.165, 1.54) is 7.11 Å².